The minimum atomic E-state index is 0.669. The summed E-state index contributed by atoms with van der Waals surface area (Å²) in [5.74, 6) is 1.54. The highest BCUT2D eigenvalue weighted by Gasteiger charge is 2.29. The Morgan fingerprint density at radius 1 is 1.05 bits per heavy atom. The molecule has 0 unspecified atom stereocenters. The van der Waals surface area contributed by atoms with Crippen molar-refractivity contribution in [3.05, 3.63) is 34.4 Å². The van der Waals surface area contributed by atoms with Gasteiger partial charge in [0.2, 0.25) is 0 Å². The number of hydrogen-bond acceptors (Lipinski definition) is 1. The van der Waals surface area contributed by atoms with Crippen LogP contribution in [-0.4, -0.2) is 17.5 Å². The summed E-state index contributed by atoms with van der Waals surface area (Å²) >= 11 is 0. The lowest BCUT2D eigenvalue weighted by molar-refractivity contribution is 0.203. The summed E-state index contributed by atoms with van der Waals surface area (Å²) in [6.45, 7) is 11.7. The molecule has 1 heteroatoms. The van der Waals surface area contributed by atoms with Crippen LogP contribution >= 0.6 is 0 Å². The summed E-state index contributed by atoms with van der Waals surface area (Å²) in [6.07, 6.45) is 4.05. The van der Waals surface area contributed by atoms with E-state index in [1.165, 1.54) is 25.8 Å². The molecule has 3 rings (SSSR count). The fourth-order valence-corrected chi connectivity index (χ4v) is 3.36. The average Bonchev–Trinajstić information content (AvgIpc) is 3.20. The van der Waals surface area contributed by atoms with Crippen molar-refractivity contribution in [1.29, 1.82) is 0 Å². The molecule has 1 aliphatic heterocycles. The zero-order chi connectivity index (χ0) is 13.6. The normalized spacial score (nSPS) is 20.1. The highest BCUT2D eigenvalue weighted by atomic mass is 15.1. The van der Waals surface area contributed by atoms with Crippen molar-refractivity contribution in [1.82, 2.24) is 4.90 Å². The Balaban J connectivity index is 1.96. The van der Waals surface area contributed by atoms with Crippen LogP contribution in [0, 0.1) is 0 Å². The van der Waals surface area contributed by atoms with Gasteiger partial charge in [0, 0.05) is 19.1 Å². The van der Waals surface area contributed by atoms with E-state index in [1.54, 1.807) is 22.3 Å². The molecule has 0 atom stereocenters. The summed E-state index contributed by atoms with van der Waals surface area (Å²) in [7, 11) is 0. The lowest BCUT2D eigenvalue weighted by atomic mass is 9.87. The van der Waals surface area contributed by atoms with E-state index in [1.807, 2.05) is 0 Å². The summed E-state index contributed by atoms with van der Waals surface area (Å²) in [6, 6.07) is 5.75. The van der Waals surface area contributed by atoms with Gasteiger partial charge < -0.3 is 0 Å². The lowest BCUT2D eigenvalue weighted by Crippen LogP contribution is -2.36. The third kappa shape index (κ3) is 2.58. The van der Waals surface area contributed by atoms with Crippen molar-refractivity contribution < 1.29 is 0 Å². The molecule has 1 aliphatic carbocycles. The zero-order valence-electron chi connectivity index (χ0n) is 12.9. The van der Waals surface area contributed by atoms with E-state index >= 15 is 0 Å². The fourth-order valence-electron chi connectivity index (χ4n) is 3.36. The fraction of sp³-hybridized carbons (Fsp3) is 0.667. The van der Waals surface area contributed by atoms with Crippen LogP contribution in [0.2, 0.25) is 0 Å². The molecule has 0 spiro atoms. The zero-order valence-corrected chi connectivity index (χ0v) is 12.9. The largest absolute Gasteiger partial charge is 0.296 e. The van der Waals surface area contributed by atoms with E-state index in [0.29, 0.717) is 12.0 Å². The van der Waals surface area contributed by atoms with Crippen LogP contribution in [0.1, 0.15) is 74.6 Å². The van der Waals surface area contributed by atoms with Gasteiger partial charge in [-0.15, -0.1) is 0 Å². The van der Waals surface area contributed by atoms with Crippen molar-refractivity contribution in [2.45, 2.75) is 71.4 Å². The Morgan fingerprint density at radius 3 is 2.37 bits per heavy atom. The van der Waals surface area contributed by atoms with Crippen LogP contribution in [0.3, 0.4) is 0 Å². The maximum atomic E-state index is 2.61. The molecule has 0 aromatic heterocycles. The maximum absolute atomic E-state index is 2.61. The second kappa shape index (κ2) is 4.94. The van der Waals surface area contributed by atoms with Crippen LogP contribution < -0.4 is 0 Å². The highest BCUT2D eigenvalue weighted by Crippen LogP contribution is 2.44. The number of nitrogens with zero attached hydrogens (tertiary/aromatic N) is 1. The van der Waals surface area contributed by atoms with Crippen LogP contribution in [0.4, 0.5) is 0 Å². The van der Waals surface area contributed by atoms with E-state index < -0.39 is 0 Å². The van der Waals surface area contributed by atoms with E-state index in [4.69, 9.17) is 0 Å². The van der Waals surface area contributed by atoms with Gasteiger partial charge in [0.05, 0.1) is 0 Å². The minimum Gasteiger partial charge on any atom is -0.296 e. The summed E-state index contributed by atoms with van der Waals surface area (Å²) in [4.78, 5) is 2.61. The van der Waals surface area contributed by atoms with E-state index in [-0.39, 0.29) is 0 Å². The Morgan fingerprint density at radius 2 is 1.79 bits per heavy atom. The summed E-state index contributed by atoms with van der Waals surface area (Å²) in [5, 5.41) is 0. The topological polar surface area (TPSA) is 3.24 Å². The van der Waals surface area contributed by atoms with Gasteiger partial charge in [0.15, 0.2) is 0 Å². The molecule has 1 heterocycles. The Bertz CT molecular complexity index is 469. The van der Waals surface area contributed by atoms with Crippen LogP contribution in [0.25, 0.3) is 0 Å². The molecule has 1 fully saturated rings. The first kappa shape index (κ1) is 13.2. The van der Waals surface area contributed by atoms with Gasteiger partial charge in [-0.2, -0.15) is 0 Å². The quantitative estimate of drug-likeness (QED) is 0.773. The number of hydrogen-bond donors (Lipinski definition) is 0. The summed E-state index contributed by atoms with van der Waals surface area (Å²) < 4.78 is 0. The molecule has 0 radical (unpaired) electrons. The van der Waals surface area contributed by atoms with Gasteiger partial charge in [-0.1, -0.05) is 26.0 Å². The van der Waals surface area contributed by atoms with E-state index in [2.05, 4.69) is 44.7 Å². The van der Waals surface area contributed by atoms with Crippen molar-refractivity contribution in [3.8, 4) is 0 Å². The molecule has 0 saturated heterocycles. The molecule has 0 N–H and O–H groups in total. The van der Waals surface area contributed by atoms with Gasteiger partial charge in [-0.05, 0) is 67.2 Å². The molecule has 1 aromatic carbocycles. The van der Waals surface area contributed by atoms with Crippen LogP contribution in [-0.2, 0) is 13.0 Å². The van der Waals surface area contributed by atoms with Gasteiger partial charge in [-0.25, -0.2) is 0 Å². The molecule has 19 heavy (non-hydrogen) atoms. The molecule has 1 aromatic rings. The molecular weight excluding hydrogens is 230 g/mol. The average molecular weight is 257 g/mol. The van der Waals surface area contributed by atoms with Gasteiger partial charge in [-0.3, -0.25) is 4.90 Å². The molecule has 1 saturated carbocycles. The number of rotatable bonds is 3. The van der Waals surface area contributed by atoms with Gasteiger partial charge in [0.25, 0.3) is 0 Å². The predicted molar refractivity (Wildman–Crippen MR) is 81.8 cm³/mol. The van der Waals surface area contributed by atoms with Crippen molar-refractivity contribution >= 4 is 0 Å². The second-order valence-corrected chi connectivity index (χ2v) is 6.99. The first-order valence-electron chi connectivity index (χ1n) is 7.96. The van der Waals surface area contributed by atoms with Crippen molar-refractivity contribution in [2.24, 2.45) is 0 Å². The number of benzene rings is 1. The third-order valence-electron chi connectivity index (χ3n) is 4.82. The van der Waals surface area contributed by atoms with Gasteiger partial charge in [0.1, 0.15) is 0 Å². The number of fused-ring (bicyclic) bond motifs is 1. The molecular formula is C18H27N. The van der Waals surface area contributed by atoms with Crippen LogP contribution in [0.5, 0.6) is 0 Å². The summed E-state index contributed by atoms with van der Waals surface area (Å²) in [5.41, 5.74) is 6.51. The standard InChI is InChI=1S/C18H27N/c1-12(2)17-9-15-7-8-19(13(3)4)11-16(15)10-18(17)14-5-6-14/h9-10,12-14H,5-8,11H2,1-4H3. The van der Waals surface area contributed by atoms with E-state index in [9.17, 15) is 0 Å². The van der Waals surface area contributed by atoms with Gasteiger partial charge >= 0.3 is 0 Å². The Hall–Kier alpha value is -0.820. The third-order valence-corrected chi connectivity index (χ3v) is 4.82. The Labute approximate surface area is 118 Å². The molecule has 104 valence electrons. The lowest BCUT2D eigenvalue weighted by Gasteiger charge is -2.33. The SMILES string of the molecule is CC(C)c1cc2c(cc1C1CC1)CN(C(C)C)CC2. The molecule has 0 amide bonds. The van der Waals surface area contributed by atoms with Crippen LogP contribution in [0.15, 0.2) is 12.1 Å². The van der Waals surface area contributed by atoms with Crippen molar-refractivity contribution in [3.63, 3.8) is 0 Å². The maximum Gasteiger partial charge on any atom is 0.0239 e. The Kier molecular flexibility index (Phi) is 3.42. The van der Waals surface area contributed by atoms with Crippen molar-refractivity contribution in [2.75, 3.05) is 6.54 Å². The molecule has 0 bridgehead atoms. The first-order chi connectivity index (χ1) is 9.06. The monoisotopic (exact) mass is 257 g/mol. The highest BCUT2D eigenvalue weighted by molar-refractivity contribution is 5.44. The van der Waals surface area contributed by atoms with E-state index in [0.717, 1.165) is 12.5 Å². The molecule has 2 aliphatic rings. The molecule has 1 nitrogen and oxygen atoms in total. The second-order valence-electron chi connectivity index (χ2n) is 6.99. The minimum absolute atomic E-state index is 0.669. The predicted octanol–water partition coefficient (Wildman–Crippen LogP) is 4.45. The smallest absolute Gasteiger partial charge is 0.0239 e. The first-order valence-corrected chi connectivity index (χ1v) is 7.96.